The van der Waals surface area contributed by atoms with Gasteiger partial charge in [-0.2, -0.15) is 0 Å². The first-order valence-electron chi connectivity index (χ1n) is 18.4. The summed E-state index contributed by atoms with van der Waals surface area (Å²) in [6, 6.07) is 19.5. The van der Waals surface area contributed by atoms with Crippen LogP contribution in [0.2, 0.25) is 0 Å². The first-order valence-corrected chi connectivity index (χ1v) is 20.4. The Kier molecular flexibility index (Phi) is 11.4. The van der Waals surface area contributed by atoms with Crippen LogP contribution in [-0.2, 0) is 9.59 Å². The SMILES string of the molecule is COc1cc2ccn3c(c(-c4ccc(OC(=O)CSc5ccc(F)cc5)c(OC)c4)c4c5cc(OC)c(OC(=O)CSC6=CCC(F)C=C6)cc5oc(=O)c43)c2cc1OC. The number of halogens is 2. The number of fused-ring (bicyclic) bond motifs is 7. The lowest BCUT2D eigenvalue weighted by Crippen LogP contribution is -2.12. The van der Waals surface area contributed by atoms with Gasteiger partial charge in [0.1, 0.15) is 23.1 Å². The Hall–Kier alpha value is -6.45. The van der Waals surface area contributed by atoms with Gasteiger partial charge in [-0.25, -0.2) is 13.6 Å². The number of methoxy groups -OCH3 is 4. The molecule has 8 rings (SSSR count). The van der Waals surface area contributed by atoms with E-state index in [-0.39, 0.29) is 57.8 Å². The van der Waals surface area contributed by atoms with Crippen LogP contribution in [0.1, 0.15) is 6.42 Å². The van der Waals surface area contributed by atoms with E-state index in [1.807, 2.05) is 18.2 Å². The highest BCUT2D eigenvalue weighted by Gasteiger charge is 2.26. The van der Waals surface area contributed by atoms with Crippen molar-refractivity contribution in [3.8, 4) is 45.6 Å². The van der Waals surface area contributed by atoms with Gasteiger partial charge in [-0.15, -0.1) is 23.5 Å². The Morgan fingerprint density at radius 2 is 1.40 bits per heavy atom. The van der Waals surface area contributed by atoms with Gasteiger partial charge in [0.15, 0.2) is 34.5 Å². The molecule has 0 saturated carbocycles. The van der Waals surface area contributed by atoms with Crippen LogP contribution in [0.5, 0.6) is 34.5 Å². The Labute approximate surface area is 349 Å². The van der Waals surface area contributed by atoms with E-state index in [1.54, 1.807) is 66.3 Å². The molecule has 11 nitrogen and oxygen atoms in total. The number of hydrogen-bond acceptors (Lipinski definition) is 12. The number of nitrogens with zero attached hydrogens (tertiary/aromatic N) is 1. The number of allylic oxidation sites excluding steroid dienone is 3. The minimum atomic E-state index is -1.05. The molecule has 0 N–H and O–H groups in total. The summed E-state index contributed by atoms with van der Waals surface area (Å²) in [6.07, 6.45) is 5.74. The van der Waals surface area contributed by atoms with E-state index in [0.717, 1.165) is 10.3 Å². The molecule has 3 heterocycles. The third-order valence-corrected chi connectivity index (χ3v) is 11.8. The van der Waals surface area contributed by atoms with Crippen LogP contribution in [0.15, 0.2) is 116 Å². The molecule has 15 heteroatoms. The number of benzene rings is 4. The zero-order valence-corrected chi connectivity index (χ0v) is 34.2. The zero-order chi connectivity index (χ0) is 42.1. The average molecular weight is 852 g/mol. The molecule has 0 fully saturated rings. The topological polar surface area (TPSA) is 124 Å². The van der Waals surface area contributed by atoms with E-state index in [4.69, 9.17) is 32.8 Å². The van der Waals surface area contributed by atoms with E-state index in [0.29, 0.717) is 49.2 Å². The number of carbonyl (C=O) groups excluding carboxylic acids is 2. The predicted molar refractivity (Wildman–Crippen MR) is 228 cm³/mol. The van der Waals surface area contributed by atoms with Gasteiger partial charge in [-0.1, -0.05) is 18.2 Å². The van der Waals surface area contributed by atoms with Gasteiger partial charge in [0.2, 0.25) is 0 Å². The molecule has 0 spiro atoms. The minimum absolute atomic E-state index is 0.0353. The fourth-order valence-corrected chi connectivity index (χ4v) is 8.46. The van der Waals surface area contributed by atoms with Gasteiger partial charge in [-0.05, 0) is 77.7 Å². The van der Waals surface area contributed by atoms with Gasteiger partial charge in [-0.3, -0.25) is 9.59 Å². The van der Waals surface area contributed by atoms with Crippen molar-refractivity contribution in [3.63, 3.8) is 0 Å². The van der Waals surface area contributed by atoms with Gasteiger partial charge < -0.3 is 37.2 Å². The number of alkyl halides is 1. The van der Waals surface area contributed by atoms with E-state index in [2.05, 4.69) is 0 Å². The molecule has 1 aliphatic carbocycles. The summed E-state index contributed by atoms with van der Waals surface area (Å²) in [5.41, 5.74) is 1.45. The summed E-state index contributed by atoms with van der Waals surface area (Å²) >= 11 is 2.41. The molecule has 0 bridgehead atoms. The van der Waals surface area contributed by atoms with Crippen molar-refractivity contribution in [1.29, 1.82) is 0 Å². The lowest BCUT2D eigenvalue weighted by atomic mass is 9.98. The molecular formula is C45H35F2NO10S2. The number of thioether (sulfide) groups is 2. The normalized spacial score (nSPS) is 13.8. The quantitative estimate of drug-likeness (QED) is 0.0475. The summed E-state index contributed by atoms with van der Waals surface area (Å²) in [5.74, 6) is -0.0296. The van der Waals surface area contributed by atoms with E-state index < -0.39 is 23.7 Å². The maximum absolute atomic E-state index is 14.2. The van der Waals surface area contributed by atoms with Crippen LogP contribution >= 0.6 is 23.5 Å². The monoisotopic (exact) mass is 851 g/mol. The van der Waals surface area contributed by atoms with Gasteiger partial charge in [0.25, 0.3) is 0 Å². The largest absolute Gasteiger partial charge is 0.493 e. The van der Waals surface area contributed by atoms with Gasteiger partial charge in [0, 0.05) is 50.2 Å². The number of ether oxygens (including phenoxy) is 6. The molecule has 1 atom stereocenters. The van der Waals surface area contributed by atoms with Crippen LogP contribution < -0.4 is 34.0 Å². The van der Waals surface area contributed by atoms with Crippen molar-refractivity contribution in [2.24, 2.45) is 0 Å². The average Bonchev–Trinajstić information content (AvgIpc) is 3.62. The second-order valence-corrected chi connectivity index (χ2v) is 15.5. The van der Waals surface area contributed by atoms with E-state index in [9.17, 15) is 23.2 Å². The Morgan fingerprint density at radius 3 is 2.10 bits per heavy atom. The summed E-state index contributed by atoms with van der Waals surface area (Å²) in [6.45, 7) is 0. The minimum Gasteiger partial charge on any atom is -0.493 e. The maximum atomic E-state index is 14.2. The highest BCUT2D eigenvalue weighted by molar-refractivity contribution is 8.03. The second kappa shape index (κ2) is 17.0. The third kappa shape index (κ3) is 7.85. The summed E-state index contributed by atoms with van der Waals surface area (Å²) in [5, 5.41) is 2.44. The fraction of sp³-hybridized carbons (Fsp3) is 0.178. The molecule has 3 aromatic heterocycles. The van der Waals surface area contributed by atoms with Crippen LogP contribution in [0.25, 0.3) is 49.3 Å². The number of aromatic nitrogens is 1. The zero-order valence-electron chi connectivity index (χ0n) is 32.5. The Balaban J connectivity index is 1.26. The van der Waals surface area contributed by atoms with Gasteiger partial charge >= 0.3 is 17.6 Å². The van der Waals surface area contributed by atoms with Crippen LogP contribution in [0, 0.1) is 5.82 Å². The maximum Gasteiger partial charge on any atom is 0.361 e. The van der Waals surface area contributed by atoms with Crippen LogP contribution in [0.4, 0.5) is 8.78 Å². The van der Waals surface area contributed by atoms with Crippen molar-refractivity contribution in [3.05, 3.63) is 118 Å². The Morgan fingerprint density at radius 1 is 0.750 bits per heavy atom. The van der Waals surface area contributed by atoms with Crippen molar-refractivity contribution < 1.29 is 51.2 Å². The number of carbonyl (C=O) groups is 2. The van der Waals surface area contributed by atoms with Crippen molar-refractivity contribution in [2.75, 3.05) is 39.9 Å². The third-order valence-electron chi connectivity index (χ3n) is 9.79. The molecule has 1 aliphatic rings. The van der Waals surface area contributed by atoms with E-state index >= 15 is 0 Å². The smallest absolute Gasteiger partial charge is 0.361 e. The first kappa shape index (κ1) is 40.3. The molecule has 0 aliphatic heterocycles. The highest BCUT2D eigenvalue weighted by atomic mass is 32.2. The molecule has 0 radical (unpaired) electrons. The molecule has 7 aromatic rings. The summed E-state index contributed by atoms with van der Waals surface area (Å²) in [4.78, 5) is 41.7. The highest BCUT2D eigenvalue weighted by Crippen LogP contribution is 2.46. The lowest BCUT2D eigenvalue weighted by Gasteiger charge is -2.14. The number of hydrogen-bond donors (Lipinski definition) is 0. The summed E-state index contributed by atoms with van der Waals surface area (Å²) < 4.78 is 68.9. The lowest BCUT2D eigenvalue weighted by molar-refractivity contribution is -0.132. The Bertz CT molecular complexity index is 2960. The van der Waals surface area contributed by atoms with Crippen molar-refractivity contribution >= 4 is 73.6 Å². The van der Waals surface area contributed by atoms with E-state index in [1.165, 1.54) is 69.1 Å². The fourth-order valence-electron chi connectivity index (χ4n) is 7.06. The van der Waals surface area contributed by atoms with Gasteiger partial charge in [0.05, 0.1) is 45.5 Å². The summed E-state index contributed by atoms with van der Waals surface area (Å²) in [7, 11) is 5.96. The molecular weight excluding hydrogens is 817 g/mol. The second-order valence-electron chi connectivity index (χ2n) is 13.4. The molecule has 60 heavy (non-hydrogen) atoms. The standard InChI is InChI=1S/C45H35F2NO10S2/c1-52-34-18-25(5-14-32(34)56-39(49)22-59-28-10-6-26(46)7-11-28)41-42-31-20-37(55-4)38(57-40(50)23-60-29-12-8-27(47)9-13-29)21-33(31)58-45(51)44(42)48-16-15-24-17-35(53-2)36(54-3)19-30(24)43(41)48/h5-8,10-21,27H,9,22-23H2,1-4H3. The van der Waals surface area contributed by atoms with Crippen LogP contribution in [0.3, 0.4) is 0 Å². The molecule has 1 unspecified atom stereocenters. The van der Waals surface area contributed by atoms with Crippen LogP contribution in [-0.4, -0.2) is 62.5 Å². The number of esters is 2. The molecule has 0 saturated heterocycles. The number of rotatable bonds is 13. The first-order chi connectivity index (χ1) is 29.1. The predicted octanol–water partition coefficient (Wildman–Crippen LogP) is 9.71. The number of pyridine rings is 1. The molecule has 0 amide bonds. The molecule has 4 aromatic carbocycles. The van der Waals surface area contributed by atoms with Crippen molar-refractivity contribution in [2.45, 2.75) is 17.5 Å². The molecule has 306 valence electrons. The van der Waals surface area contributed by atoms with Crippen molar-refractivity contribution in [1.82, 2.24) is 4.40 Å².